The fourth-order valence-corrected chi connectivity index (χ4v) is 4.51. The van der Waals surface area contributed by atoms with E-state index in [4.69, 9.17) is 4.74 Å². The summed E-state index contributed by atoms with van der Waals surface area (Å²) < 4.78 is 20.6. The lowest BCUT2D eigenvalue weighted by Crippen LogP contribution is -2.47. The highest BCUT2D eigenvalue weighted by atomic mass is 19.1. The summed E-state index contributed by atoms with van der Waals surface area (Å²) in [7, 11) is 0. The van der Waals surface area contributed by atoms with Crippen molar-refractivity contribution in [3.8, 4) is 17.0 Å². The normalized spacial score (nSPS) is 15.5. The van der Waals surface area contributed by atoms with Crippen molar-refractivity contribution >= 4 is 11.6 Å². The van der Waals surface area contributed by atoms with Crippen LogP contribution in [0.25, 0.3) is 11.3 Å². The van der Waals surface area contributed by atoms with Crippen LogP contribution >= 0.6 is 0 Å². The van der Waals surface area contributed by atoms with Crippen LogP contribution in [0.15, 0.2) is 54.7 Å². The van der Waals surface area contributed by atoms with Crippen LogP contribution < -0.4 is 15.0 Å². The number of fused-ring (bicyclic) bond motifs is 3. The quantitative estimate of drug-likeness (QED) is 0.562. The van der Waals surface area contributed by atoms with Gasteiger partial charge in [0, 0.05) is 49.5 Å². The van der Waals surface area contributed by atoms with Gasteiger partial charge < -0.3 is 15.0 Å². The van der Waals surface area contributed by atoms with Crippen LogP contribution in [-0.4, -0.2) is 59.9 Å². The van der Waals surface area contributed by atoms with Crippen molar-refractivity contribution in [2.24, 2.45) is 0 Å². The number of piperazine rings is 1. The van der Waals surface area contributed by atoms with Gasteiger partial charge in [-0.3, -0.25) is 14.4 Å². The predicted molar refractivity (Wildman–Crippen MR) is 125 cm³/mol. The van der Waals surface area contributed by atoms with Gasteiger partial charge in [0.2, 0.25) is 5.91 Å². The molecule has 0 saturated carbocycles. The molecular formula is C25H28FN5O2. The number of anilines is 1. The molecule has 172 valence electrons. The lowest BCUT2D eigenvalue weighted by Gasteiger charge is -2.36. The molecule has 5 rings (SSSR count). The zero-order chi connectivity index (χ0) is 22.6. The summed E-state index contributed by atoms with van der Waals surface area (Å²) in [6, 6.07) is 14.5. The predicted octanol–water partition coefficient (Wildman–Crippen LogP) is 2.91. The standard InChI is InChI=1S/C25H28FN5O2/c26-20-6-8-21(9-7-20)30-14-12-29(13-15-30)11-3-10-27-24(32)17-31-25-19(16-28-31)18-33-23-5-2-1-4-22(23)25/h1-2,4-9,16H,3,10-15,17-18H2,(H,27,32). The molecule has 33 heavy (non-hydrogen) atoms. The topological polar surface area (TPSA) is 62.6 Å². The summed E-state index contributed by atoms with van der Waals surface area (Å²) in [6.45, 7) is 6.03. The molecule has 1 saturated heterocycles. The Kier molecular flexibility index (Phi) is 6.26. The second kappa shape index (κ2) is 9.62. The number of benzene rings is 2. The molecule has 2 aromatic carbocycles. The second-order valence-corrected chi connectivity index (χ2v) is 8.47. The molecule has 1 fully saturated rings. The van der Waals surface area contributed by atoms with E-state index >= 15 is 0 Å². The van der Waals surface area contributed by atoms with Gasteiger partial charge in [-0.05, 0) is 49.4 Å². The van der Waals surface area contributed by atoms with Crippen molar-refractivity contribution in [1.82, 2.24) is 20.0 Å². The zero-order valence-electron chi connectivity index (χ0n) is 18.5. The third-order valence-corrected chi connectivity index (χ3v) is 6.27. The van der Waals surface area contributed by atoms with Gasteiger partial charge in [0.05, 0.1) is 11.9 Å². The highest BCUT2D eigenvalue weighted by Gasteiger charge is 2.23. The minimum atomic E-state index is -0.203. The fourth-order valence-electron chi connectivity index (χ4n) is 4.51. The zero-order valence-corrected chi connectivity index (χ0v) is 18.5. The van der Waals surface area contributed by atoms with Gasteiger partial charge in [-0.1, -0.05) is 12.1 Å². The molecule has 3 aromatic rings. The first-order valence-electron chi connectivity index (χ1n) is 11.4. The minimum Gasteiger partial charge on any atom is -0.488 e. The molecule has 3 heterocycles. The van der Waals surface area contributed by atoms with E-state index in [9.17, 15) is 9.18 Å². The van der Waals surface area contributed by atoms with Gasteiger partial charge in [-0.25, -0.2) is 4.39 Å². The number of carbonyl (C=O) groups excluding carboxylic acids is 1. The Balaban J connectivity index is 1.05. The number of para-hydroxylation sites is 1. The fraction of sp³-hybridized carbons (Fsp3) is 0.360. The number of nitrogens with zero attached hydrogens (tertiary/aromatic N) is 4. The minimum absolute atomic E-state index is 0.0361. The van der Waals surface area contributed by atoms with E-state index in [0.717, 1.165) is 67.4 Å². The Hall–Kier alpha value is -3.39. The van der Waals surface area contributed by atoms with Crippen LogP contribution in [0.2, 0.25) is 0 Å². The van der Waals surface area contributed by atoms with E-state index < -0.39 is 0 Å². The molecule has 2 aliphatic rings. The van der Waals surface area contributed by atoms with Gasteiger partial charge in [0.1, 0.15) is 24.7 Å². The Morgan fingerprint density at radius 2 is 1.85 bits per heavy atom. The summed E-state index contributed by atoms with van der Waals surface area (Å²) >= 11 is 0. The summed E-state index contributed by atoms with van der Waals surface area (Å²) in [4.78, 5) is 17.2. The molecule has 0 aliphatic carbocycles. The average molecular weight is 450 g/mol. The third-order valence-electron chi connectivity index (χ3n) is 6.27. The molecule has 0 spiro atoms. The Bertz CT molecular complexity index is 1110. The van der Waals surface area contributed by atoms with E-state index in [1.54, 1.807) is 10.9 Å². The van der Waals surface area contributed by atoms with Crippen LogP contribution in [0, 0.1) is 5.82 Å². The number of halogens is 1. The maximum atomic E-state index is 13.1. The Morgan fingerprint density at radius 1 is 1.06 bits per heavy atom. The second-order valence-electron chi connectivity index (χ2n) is 8.47. The maximum absolute atomic E-state index is 13.1. The number of rotatable bonds is 7. The van der Waals surface area contributed by atoms with E-state index in [-0.39, 0.29) is 18.3 Å². The number of nitrogens with one attached hydrogen (secondary N) is 1. The van der Waals surface area contributed by atoms with Gasteiger partial charge in [-0.2, -0.15) is 5.10 Å². The first kappa shape index (κ1) is 21.5. The number of carbonyl (C=O) groups is 1. The maximum Gasteiger partial charge on any atom is 0.241 e. The number of aromatic nitrogens is 2. The van der Waals surface area contributed by atoms with E-state index in [1.807, 2.05) is 36.4 Å². The third kappa shape index (κ3) is 4.85. The first-order valence-corrected chi connectivity index (χ1v) is 11.4. The van der Waals surface area contributed by atoms with E-state index in [0.29, 0.717) is 13.2 Å². The summed E-state index contributed by atoms with van der Waals surface area (Å²) in [5.41, 5.74) is 4.01. The highest BCUT2D eigenvalue weighted by Crippen LogP contribution is 2.36. The van der Waals surface area contributed by atoms with Crippen molar-refractivity contribution in [3.05, 3.63) is 66.1 Å². The Labute approximate surface area is 192 Å². The van der Waals surface area contributed by atoms with Crippen molar-refractivity contribution in [2.45, 2.75) is 19.6 Å². The Morgan fingerprint density at radius 3 is 2.67 bits per heavy atom. The van der Waals surface area contributed by atoms with E-state index in [1.165, 1.54) is 12.1 Å². The van der Waals surface area contributed by atoms with Crippen molar-refractivity contribution in [2.75, 3.05) is 44.2 Å². The largest absolute Gasteiger partial charge is 0.488 e. The molecule has 0 bridgehead atoms. The smallest absolute Gasteiger partial charge is 0.241 e. The number of amides is 1. The van der Waals surface area contributed by atoms with Gasteiger partial charge >= 0.3 is 0 Å². The number of hydrogen-bond acceptors (Lipinski definition) is 5. The average Bonchev–Trinajstić information content (AvgIpc) is 3.26. The lowest BCUT2D eigenvalue weighted by molar-refractivity contribution is -0.121. The monoisotopic (exact) mass is 449 g/mol. The van der Waals surface area contributed by atoms with Gasteiger partial charge in [-0.15, -0.1) is 0 Å². The van der Waals surface area contributed by atoms with Gasteiger partial charge in [0.25, 0.3) is 0 Å². The van der Waals surface area contributed by atoms with Crippen LogP contribution in [-0.2, 0) is 17.9 Å². The molecule has 7 nitrogen and oxygen atoms in total. The molecule has 1 N–H and O–H groups in total. The SMILES string of the molecule is O=C(Cn1ncc2c1-c1ccccc1OC2)NCCCN1CCN(c2ccc(F)cc2)CC1. The molecular weight excluding hydrogens is 421 g/mol. The molecule has 1 amide bonds. The first-order chi connectivity index (χ1) is 16.2. The van der Waals surface area contributed by atoms with Crippen molar-refractivity contribution < 1.29 is 13.9 Å². The molecule has 0 radical (unpaired) electrons. The molecule has 0 unspecified atom stereocenters. The summed E-state index contributed by atoms with van der Waals surface area (Å²) in [5.74, 6) is 0.586. The lowest BCUT2D eigenvalue weighted by atomic mass is 10.0. The van der Waals surface area contributed by atoms with E-state index in [2.05, 4.69) is 20.2 Å². The molecule has 8 heteroatoms. The van der Waals surface area contributed by atoms with Crippen molar-refractivity contribution in [1.29, 1.82) is 0 Å². The van der Waals surface area contributed by atoms with Crippen LogP contribution in [0.4, 0.5) is 10.1 Å². The van der Waals surface area contributed by atoms with Crippen LogP contribution in [0.5, 0.6) is 5.75 Å². The molecule has 0 atom stereocenters. The highest BCUT2D eigenvalue weighted by molar-refractivity contribution is 5.78. The molecule has 1 aromatic heterocycles. The molecule has 2 aliphatic heterocycles. The van der Waals surface area contributed by atoms with Crippen LogP contribution in [0.3, 0.4) is 0 Å². The van der Waals surface area contributed by atoms with Crippen molar-refractivity contribution in [3.63, 3.8) is 0 Å². The summed E-state index contributed by atoms with van der Waals surface area (Å²) in [6.07, 6.45) is 2.68. The van der Waals surface area contributed by atoms with Gasteiger partial charge in [0.15, 0.2) is 0 Å². The van der Waals surface area contributed by atoms with Crippen LogP contribution in [0.1, 0.15) is 12.0 Å². The number of ether oxygens (including phenoxy) is 1. The summed E-state index contributed by atoms with van der Waals surface area (Å²) in [5, 5.41) is 7.44. The number of hydrogen-bond donors (Lipinski definition) is 1.